The lowest BCUT2D eigenvalue weighted by Gasteiger charge is -2.08. The highest BCUT2D eigenvalue weighted by atomic mass is 16.7. The average molecular weight is 273 g/mol. The van der Waals surface area contributed by atoms with E-state index in [9.17, 15) is 0 Å². The maximum absolute atomic E-state index is 5.38. The summed E-state index contributed by atoms with van der Waals surface area (Å²) < 4.78 is 15.8. The van der Waals surface area contributed by atoms with Crippen molar-refractivity contribution in [2.75, 3.05) is 26.3 Å². The topological polar surface area (TPSA) is 65.5 Å². The smallest absolute Gasteiger partial charge is 0.231 e. The molecule has 104 valence electrons. The van der Waals surface area contributed by atoms with Crippen LogP contribution in [0.15, 0.2) is 24.3 Å². The maximum atomic E-state index is 5.38. The molecule has 0 bridgehead atoms. The van der Waals surface area contributed by atoms with E-state index >= 15 is 0 Å². The molecule has 0 radical (unpaired) electrons. The fourth-order valence-corrected chi connectivity index (χ4v) is 2.01. The number of fused-ring (bicyclic) bond motifs is 1. The molecule has 0 aliphatic carbocycles. The van der Waals surface area contributed by atoms with Crippen LogP contribution >= 0.6 is 0 Å². The van der Waals surface area contributed by atoms with Gasteiger partial charge in [0, 0.05) is 25.8 Å². The molecule has 1 aliphatic rings. The largest absolute Gasteiger partial charge is 0.454 e. The number of nitrogens with zero attached hydrogens (tertiary/aromatic N) is 2. The summed E-state index contributed by atoms with van der Waals surface area (Å²) in [4.78, 5) is 8.95. The van der Waals surface area contributed by atoms with Crippen LogP contribution in [0.2, 0.25) is 0 Å². The van der Waals surface area contributed by atoms with E-state index < -0.39 is 0 Å². The predicted octanol–water partition coefficient (Wildman–Crippen LogP) is 2.06. The van der Waals surface area contributed by atoms with Gasteiger partial charge in [0.2, 0.25) is 6.79 Å². The fraction of sp³-hybridized carbons (Fsp3) is 0.286. The predicted molar refractivity (Wildman–Crippen MR) is 73.9 cm³/mol. The number of nitrogens with one attached hydrogen (secondary N) is 1. The van der Waals surface area contributed by atoms with E-state index in [1.807, 2.05) is 31.3 Å². The Labute approximate surface area is 116 Å². The highest BCUT2D eigenvalue weighted by Crippen LogP contribution is 2.35. The molecule has 1 aromatic carbocycles. The molecular formula is C14H15N3O3. The number of hydrogen-bond donors (Lipinski definition) is 1. The Morgan fingerprint density at radius 2 is 2.05 bits per heavy atom. The minimum Gasteiger partial charge on any atom is -0.454 e. The third kappa shape index (κ3) is 2.37. The van der Waals surface area contributed by atoms with Gasteiger partial charge in [-0.05, 0) is 18.2 Å². The molecule has 0 spiro atoms. The number of benzene rings is 1. The number of ether oxygens (including phenoxy) is 3. The molecule has 1 aliphatic heterocycles. The first kappa shape index (κ1) is 12.7. The summed E-state index contributed by atoms with van der Waals surface area (Å²) in [6.07, 6.45) is 0. The van der Waals surface area contributed by atoms with Crippen LogP contribution in [0.25, 0.3) is 11.4 Å². The van der Waals surface area contributed by atoms with Gasteiger partial charge in [-0.25, -0.2) is 9.97 Å². The van der Waals surface area contributed by atoms with E-state index in [1.165, 1.54) is 0 Å². The van der Waals surface area contributed by atoms with E-state index in [1.54, 1.807) is 7.11 Å². The van der Waals surface area contributed by atoms with Gasteiger partial charge in [-0.2, -0.15) is 0 Å². The number of aromatic nitrogens is 2. The quantitative estimate of drug-likeness (QED) is 0.919. The van der Waals surface area contributed by atoms with Crippen LogP contribution in [0.1, 0.15) is 5.69 Å². The van der Waals surface area contributed by atoms with E-state index in [0.29, 0.717) is 18.2 Å². The second kappa shape index (κ2) is 5.34. The summed E-state index contributed by atoms with van der Waals surface area (Å²) >= 11 is 0. The van der Waals surface area contributed by atoms with Crippen LogP contribution in [-0.2, 0) is 11.3 Å². The molecule has 0 amide bonds. The van der Waals surface area contributed by atoms with Gasteiger partial charge < -0.3 is 19.5 Å². The molecule has 20 heavy (non-hydrogen) atoms. The monoisotopic (exact) mass is 273 g/mol. The zero-order valence-corrected chi connectivity index (χ0v) is 11.3. The lowest BCUT2D eigenvalue weighted by Crippen LogP contribution is -2.01. The highest BCUT2D eigenvalue weighted by molar-refractivity contribution is 5.63. The number of anilines is 1. The molecule has 1 aromatic heterocycles. The van der Waals surface area contributed by atoms with Crippen molar-refractivity contribution < 1.29 is 14.2 Å². The Hall–Kier alpha value is -2.34. The van der Waals surface area contributed by atoms with Gasteiger partial charge in [-0.15, -0.1) is 0 Å². The molecule has 6 heteroatoms. The zero-order valence-electron chi connectivity index (χ0n) is 11.3. The number of rotatable bonds is 4. The molecule has 0 unspecified atom stereocenters. The lowest BCUT2D eigenvalue weighted by atomic mass is 10.2. The van der Waals surface area contributed by atoms with Crippen molar-refractivity contribution in [1.29, 1.82) is 0 Å². The standard InChI is InChI=1S/C14H15N3O3/c1-15-13-6-10(7-18-2)16-14(17-13)9-3-4-11-12(5-9)20-8-19-11/h3-6H,7-8H2,1-2H3,(H,15,16,17). The van der Waals surface area contributed by atoms with Gasteiger partial charge in [-0.1, -0.05) is 0 Å². The summed E-state index contributed by atoms with van der Waals surface area (Å²) in [5.74, 6) is 2.84. The minimum absolute atomic E-state index is 0.255. The van der Waals surface area contributed by atoms with Gasteiger partial charge >= 0.3 is 0 Å². The van der Waals surface area contributed by atoms with E-state index in [-0.39, 0.29) is 6.79 Å². The summed E-state index contributed by atoms with van der Waals surface area (Å²) in [6.45, 7) is 0.694. The van der Waals surface area contributed by atoms with Crippen LogP contribution < -0.4 is 14.8 Å². The normalized spacial score (nSPS) is 12.5. The van der Waals surface area contributed by atoms with Crippen molar-refractivity contribution in [2.45, 2.75) is 6.61 Å². The Morgan fingerprint density at radius 3 is 2.85 bits per heavy atom. The van der Waals surface area contributed by atoms with Crippen molar-refractivity contribution in [3.63, 3.8) is 0 Å². The molecule has 2 heterocycles. The summed E-state index contributed by atoms with van der Waals surface area (Å²) in [7, 11) is 3.46. The van der Waals surface area contributed by atoms with Crippen molar-refractivity contribution in [3.8, 4) is 22.9 Å². The molecule has 1 N–H and O–H groups in total. The van der Waals surface area contributed by atoms with Crippen LogP contribution in [0, 0.1) is 0 Å². The minimum atomic E-state index is 0.255. The molecule has 6 nitrogen and oxygen atoms in total. The first-order chi connectivity index (χ1) is 9.80. The van der Waals surface area contributed by atoms with Gasteiger partial charge in [0.05, 0.1) is 12.3 Å². The Balaban J connectivity index is 2.02. The summed E-state index contributed by atoms with van der Waals surface area (Å²) in [5, 5.41) is 3.03. The van der Waals surface area contributed by atoms with E-state index in [0.717, 1.165) is 22.8 Å². The van der Waals surface area contributed by atoms with Crippen molar-refractivity contribution >= 4 is 5.82 Å². The van der Waals surface area contributed by atoms with Crippen molar-refractivity contribution in [1.82, 2.24) is 9.97 Å². The first-order valence-electron chi connectivity index (χ1n) is 6.25. The highest BCUT2D eigenvalue weighted by Gasteiger charge is 2.15. The maximum Gasteiger partial charge on any atom is 0.231 e. The lowest BCUT2D eigenvalue weighted by molar-refractivity contribution is 0.174. The molecule has 0 saturated heterocycles. The van der Waals surface area contributed by atoms with Crippen LogP contribution in [0.3, 0.4) is 0 Å². The third-order valence-corrected chi connectivity index (χ3v) is 2.96. The van der Waals surface area contributed by atoms with Crippen LogP contribution in [0.4, 0.5) is 5.82 Å². The molecular weight excluding hydrogens is 258 g/mol. The number of hydrogen-bond acceptors (Lipinski definition) is 6. The van der Waals surface area contributed by atoms with Crippen molar-refractivity contribution in [3.05, 3.63) is 30.0 Å². The molecule has 0 saturated carbocycles. The van der Waals surface area contributed by atoms with Crippen molar-refractivity contribution in [2.24, 2.45) is 0 Å². The average Bonchev–Trinajstić information content (AvgIpc) is 2.94. The Bertz CT molecular complexity index is 631. The van der Waals surface area contributed by atoms with Gasteiger partial charge in [0.25, 0.3) is 0 Å². The van der Waals surface area contributed by atoms with Crippen LogP contribution in [-0.4, -0.2) is 30.9 Å². The van der Waals surface area contributed by atoms with Gasteiger partial charge in [0.1, 0.15) is 5.82 Å². The number of methoxy groups -OCH3 is 1. The van der Waals surface area contributed by atoms with Crippen LogP contribution in [0.5, 0.6) is 11.5 Å². The Kier molecular flexibility index (Phi) is 3.39. The van der Waals surface area contributed by atoms with E-state index in [2.05, 4.69) is 15.3 Å². The first-order valence-corrected chi connectivity index (χ1v) is 6.25. The Morgan fingerprint density at radius 1 is 1.20 bits per heavy atom. The van der Waals surface area contributed by atoms with E-state index in [4.69, 9.17) is 14.2 Å². The SMILES string of the molecule is CNc1cc(COC)nc(-c2ccc3c(c2)OCO3)n1. The van der Waals surface area contributed by atoms with Gasteiger partial charge in [-0.3, -0.25) is 0 Å². The fourth-order valence-electron chi connectivity index (χ4n) is 2.01. The molecule has 0 fully saturated rings. The summed E-state index contributed by atoms with van der Waals surface area (Å²) in [6, 6.07) is 7.52. The molecule has 3 rings (SSSR count). The second-order valence-electron chi connectivity index (χ2n) is 4.32. The second-order valence-corrected chi connectivity index (χ2v) is 4.32. The molecule has 0 atom stereocenters. The third-order valence-electron chi connectivity index (χ3n) is 2.96. The van der Waals surface area contributed by atoms with Gasteiger partial charge in [0.15, 0.2) is 17.3 Å². The summed E-state index contributed by atoms with van der Waals surface area (Å²) in [5.41, 5.74) is 1.70. The zero-order chi connectivity index (χ0) is 13.9. The molecule has 2 aromatic rings.